The number of ether oxygens (including phenoxy) is 1. The van der Waals surface area contributed by atoms with Crippen LogP contribution < -0.4 is 5.73 Å². The molecule has 1 fully saturated rings. The molecule has 1 unspecified atom stereocenters. The van der Waals surface area contributed by atoms with Gasteiger partial charge < -0.3 is 15.4 Å². The molecule has 8 nitrogen and oxygen atoms in total. The number of nitrogens with zero attached hydrogens (tertiary/aromatic N) is 5. The average Bonchev–Trinajstić information content (AvgIpc) is 3.03. The average molecular weight is 415 g/mol. The Morgan fingerprint density at radius 1 is 1.39 bits per heavy atom. The second kappa shape index (κ2) is 7.16. The number of hydrogen-bond acceptors (Lipinski definition) is 6. The highest BCUT2D eigenvalue weighted by Gasteiger charge is 2.48. The van der Waals surface area contributed by atoms with Crippen molar-refractivity contribution in [1.82, 2.24) is 24.9 Å². The summed E-state index contributed by atoms with van der Waals surface area (Å²) < 4.78 is 35.9. The molecule has 0 radical (unpaired) electrons. The van der Waals surface area contributed by atoms with Gasteiger partial charge in [0.05, 0.1) is 12.7 Å². The summed E-state index contributed by atoms with van der Waals surface area (Å²) in [6.45, 7) is 4.45. The van der Waals surface area contributed by atoms with Crippen molar-refractivity contribution in [3.8, 4) is 11.1 Å². The maximum atomic E-state index is 14.8. The quantitative estimate of drug-likeness (QED) is 0.808. The molecule has 0 saturated carbocycles. The van der Waals surface area contributed by atoms with E-state index in [1.165, 1.54) is 23.1 Å². The molecule has 3 heterocycles. The van der Waals surface area contributed by atoms with Crippen LogP contribution in [0.1, 0.15) is 33.2 Å². The van der Waals surface area contributed by atoms with Gasteiger partial charge >= 0.3 is 6.09 Å². The Morgan fingerprint density at radius 3 is 2.75 bits per heavy atom. The SMILES string of the molecule is CC(C)(C)OC(=O)N1CCC(n2cc(-c3cc(Cl)nnc3N)cn2)C(F)(F)C1. The van der Waals surface area contributed by atoms with Gasteiger partial charge in [-0.2, -0.15) is 5.10 Å². The van der Waals surface area contributed by atoms with E-state index in [0.717, 1.165) is 4.90 Å². The van der Waals surface area contributed by atoms with Crippen LogP contribution >= 0.6 is 11.6 Å². The summed E-state index contributed by atoms with van der Waals surface area (Å²) in [5.74, 6) is -3.06. The lowest BCUT2D eigenvalue weighted by Crippen LogP contribution is -2.52. The van der Waals surface area contributed by atoms with Crippen molar-refractivity contribution in [3.05, 3.63) is 23.6 Å². The molecule has 152 valence electrons. The molecule has 0 spiro atoms. The van der Waals surface area contributed by atoms with Crippen molar-refractivity contribution in [2.75, 3.05) is 18.8 Å². The number of carbonyl (C=O) groups is 1. The normalized spacial score (nSPS) is 19.5. The molecule has 1 atom stereocenters. The number of hydrogen-bond donors (Lipinski definition) is 1. The van der Waals surface area contributed by atoms with Gasteiger partial charge in [-0.05, 0) is 33.3 Å². The van der Waals surface area contributed by atoms with Gasteiger partial charge in [-0.1, -0.05) is 11.6 Å². The van der Waals surface area contributed by atoms with E-state index in [4.69, 9.17) is 22.1 Å². The van der Waals surface area contributed by atoms with Gasteiger partial charge in [0.15, 0.2) is 11.0 Å². The van der Waals surface area contributed by atoms with Crippen LogP contribution in [0.25, 0.3) is 11.1 Å². The van der Waals surface area contributed by atoms with Crippen LogP contribution in [0.15, 0.2) is 18.5 Å². The van der Waals surface area contributed by atoms with E-state index >= 15 is 0 Å². The number of amides is 1. The Bertz CT molecular complexity index is 883. The van der Waals surface area contributed by atoms with Crippen molar-refractivity contribution >= 4 is 23.5 Å². The van der Waals surface area contributed by atoms with Crippen LogP contribution in [0.2, 0.25) is 5.15 Å². The van der Waals surface area contributed by atoms with Crippen molar-refractivity contribution in [3.63, 3.8) is 0 Å². The van der Waals surface area contributed by atoms with E-state index in [9.17, 15) is 13.6 Å². The number of nitrogens with two attached hydrogens (primary N) is 1. The molecule has 2 aromatic heterocycles. The number of aromatic nitrogens is 4. The first kappa shape index (κ1) is 20.2. The van der Waals surface area contributed by atoms with Crippen LogP contribution in [-0.4, -0.2) is 55.6 Å². The number of nitrogen functional groups attached to an aromatic ring is 1. The fraction of sp³-hybridized carbons (Fsp3) is 0.529. The maximum Gasteiger partial charge on any atom is 0.410 e. The zero-order chi connectivity index (χ0) is 20.7. The molecule has 11 heteroatoms. The zero-order valence-electron chi connectivity index (χ0n) is 15.7. The molecular weight excluding hydrogens is 394 g/mol. The summed E-state index contributed by atoms with van der Waals surface area (Å²) in [7, 11) is 0. The lowest BCUT2D eigenvalue weighted by atomic mass is 10.0. The molecule has 0 aromatic carbocycles. The number of halogens is 3. The predicted molar refractivity (Wildman–Crippen MR) is 99.1 cm³/mol. The number of piperidine rings is 1. The minimum Gasteiger partial charge on any atom is -0.444 e. The Labute approximate surface area is 165 Å². The summed E-state index contributed by atoms with van der Waals surface area (Å²) in [6.07, 6.45) is 2.15. The second-order valence-electron chi connectivity index (χ2n) is 7.64. The van der Waals surface area contributed by atoms with Crippen molar-refractivity contribution in [2.45, 2.75) is 44.8 Å². The van der Waals surface area contributed by atoms with Gasteiger partial charge in [0.1, 0.15) is 11.6 Å². The van der Waals surface area contributed by atoms with E-state index < -0.39 is 30.2 Å². The third-order valence-corrected chi connectivity index (χ3v) is 4.42. The Balaban J connectivity index is 1.78. The third kappa shape index (κ3) is 4.32. The summed E-state index contributed by atoms with van der Waals surface area (Å²) >= 11 is 5.83. The zero-order valence-corrected chi connectivity index (χ0v) is 16.5. The van der Waals surface area contributed by atoms with E-state index in [-0.39, 0.29) is 23.9 Å². The van der Waals surface area contributed by atoms with Gasteiger partial charge in [-0.25, -0.2) is 13.6 Å². The van der Waals surface area contributed by atoms with Crippen LogP contribution in [0.4, 0.5) is 19.4 Å². The highest BCUT2D eigenvalue weighted by Crippen LogP contribution is 2.38. The Morgan fingerprint density at radius 2 is 2.11 bits per heavy atom. The van der Waals surface area contributed by atoms with E-state index in [1.54, 1.807) is 20.8 Å². The fourth-order valence-corrected chi connectivity index (χ4v) is 3.14. The maximum absolute atomic E-state index is 14.8. The van der Waals surface area contributed by atoms with E-state index in [2.05, 4.69) is 15.3 Å². The second-order valence-corrected chi connectivity index (χ2v) is 8.03. The van der Waals surface area contributed by atoms with Crippen LogP contribution in [0, 0.1) is 0 Å². The first-order valence-corrected chi connectivity index (χ1v) is 9.03. The van der Waals surface area contributed by atoms with Crippen molar-refractivity contribution in [1.29, 1.82) is 0 Å². The van der Waals surface area contributed by atoms with E-state index in [0.29, 0.717) is 11.1 Å². The molecule has 1 aliphatic heterocycles. The molecule has 2 aromatic rings. The highest BCUT2D eigenvalue weighted by molar-refractivity contribution is 6.29. The van der Waals surface area contributed by atoms with Gasteiger partial charge in [0, 0.05) is 23.9 Å². The molecule has 28 heavy (non-hydrogen) atoms. The van der Waals surface area contributed by atoms with Crippen LogP contribution in [0.3, 0.4) is 0 Å². The predicted octanol–water partition coefficient (Wildman–Crippen LogP) is 3.39. The first-order valence-electron chi connectivity index (χ1n) is 8.65. The van der Waals surface area contributed by atoms with Gasteiger partial charge in [-0.3, -0.25) is 4.68 Å². The highest BCUT2D eigenvalue weighted by atomic mass is 35.5. The van der Waals surface area contributed by atoms with Crippen molar-refractivity contribution in [2.24, 2.45) is 0 Å². The minimum atomic E-state index is -3.18. The Hall–Kier alpha value is -2.49. The molecule has 1 saturated heterocycles. The number of likely N-dealkylation sites (tertiary alicyclic amines) is 1. The molecule has 0 aliphatic carbocycles. The Kier molecular flexibility index (Phi) is 5.18. The number of rotatable bonds is 2. The first-order chi connectivity index (χ1) is 13.0. The molecule has 1 aliphatic rings. The third-order valence-electron chi connectivity index (χ3n) is 4.24. The molecule has 0 bridgehead atoms. The summed E-state index contributed by atoms with van der Waals surface area (Å²) in [5, 5.41) is 11.5. The lowest BCUT2D eigenvalue weighted by Gasteiger charge is -2.38. The van der Waals surface area contributed by atoms with Gasteiger partial charge in [-0.15, -0.1) is 10.2 Å². The monoisotopic (exact) mass is 414 g/mol. The number of alkyl halides is 2. The van der Waals surface area contributed by atoms with Crippen LogP contribution in [0.5, 0.6) is 0 Å². The number of anilines is 1. The molecule has 1 amide bonds. The minimum absolute atomic E-state index is 0.0260. The summed E-state index contributed by atoms with van der Waals surface area (Å²) in [6, 6.07) is 0.292. The number of carbonyl (C=O) groups excluding carboxylic acids is 1. The van der Waals surface area contributed by atoms with Gasteiger partial charge in [0.2, 0.25) is 0 Å². The van der Waals surface area contributed by atoms with Crippen LogP contribution in [-0.2, 0) is 4.74 Å². The molecular formula is C17H21ClF2N6O2. The lowest BCUT2D eigenvalue weighted by molar-refractivity contribution is -0.106. The van der Waals surface area contributed by atoms with Gasteiger partial charge in [0.25, 0.3) is 5.92 Å². The fourth-order valence-electron chi connectivity index (χ4n) is 2.99. The molecule has 2 N–H and O–H groups in total. The largest absolute Gasteiger partial charge is 0.444 e. The van der Waals surface area contributed by atoms with Crippen molar-refractivity contribution < 1.29 is 18.3 Å². The standard InChI is InChI=1S/C17H21ClF2N6O2/c1-16(2,3)28-15(27)25-5-4-12(17(19,20)9-25)26-8-10(7-22-26)11-6-13(18)23-24-14(11)21/h6-8,12H,4-5,9H2,1-3H3,(H2,21,24). The topological polar surface area (TPSA) is 99.2 Å². The smallest absolute Gasteiger partial charge is 0.410 e. The summed E-state index contributed by atoms with van der Waals surface area (Å²) in [5.41, 5.74) is 6.00. The van der Waals surface area contributed by atoms with E-state index in [1.807, 2.05) is 0 Å². The summed E-state index contributed by atoms with van der Waals surface area (Å²) in [4.78, 5) is 13.1. The molecule has 3 rings (SSSR count).